The first-order valence-corrected chi connectivity index (χ1v) is 2.72. The van der Waals surface area contributed by atoms with Crippen LogP contribution in [0.15, 0.2) is 0 Å². The van der Waals surface area contributed by atoms with Gasteiger partial charge in [0.2, 0.25) is 6.26 Å². The average Bonchev–Trinajstić information content (AvgIpc) is 1.46. The fraction of sp³-hybridized carbons (Fsp3) is 1.00. The average molecular weight is 85.1 g/mol. The molecule has 3 heteroatoms. The Balaban J connectivity index is 0. The topological polar surface area (TPSA) is 17.1 Å². The standard InChI is InChI=1S/CH3OS.CH3.Li/c1-3-2;;/h1H3;1H3;/q+1;;. The maximum absolute atomic E-state index is 8.85. The van der Waals surface area contributed by atoms with Crippen molar-refractivity contribution in [2.45, 2.75) is 5.60 Å². The molecular weight excluding hydrogens is 79.0 g/mol. The van der Waals surface area contributed by atoms with E-state index in [2.05, 4.69) is 0 Å². The minimum absolute atomic E-state index is 0.500. The van der Waals surface area contributed by atoms with Crippen molar-refractivity contribution in [3.8, 4) is 0 Å². The molecule has 0 heterocycles. The molecule has 0 aliphatic rings. The van der Waals surface area contributed by atoms with Gasteiger partial charge in [-0.2, -0.15) is 0 Å². The van der Waals surface area contributed by atoms with E-state index in [1.54, 1.807) is 0 Å². The van der Waals surface area contributed by atoms with Gasteiger partial charge >= 0.3 is 35.0 Å². The molecule has 0 N–H and O–H groups in total. The summed E-state index contributed by atoms with van der Waals surface area (Å²) in [5, 5.41) is 0. The van der Waals surface area contributed by atoms with E-state index in [0.29, 0.717) is 11.7 Å². The van der Waals surface area contributed by atoms with E-state index in [1.807, 2.05) is 23.3 Å². The van der Waals surface area contributed by atoms with Crippen LogP contribution in [0.1, 0.15) is 0 Å². The second-order valence-electron chi connectivity index (χ2n) is 0.167. The summed E-state index contributed by atoms with van der Waals surface area (Å²) in [5.41, 5.74) is 2.00. The van der Waals surface area contributed by atoms with Crippen LogP contribution in [0.3, 0.4) is 0 Å². The molecule has 1 nitrogen and oxygen atoms in total. The molecule has 0 aliphatic carbocycles. The van der Waals surface area contributed by atoms with Gasteiger partial charge in [0.25, 0.3) is 0 Å². The van der Waals surface area contributed by atoms with Crippen molar-refractivity contribution >= 4 is 29.4 Å². The predicted octanol–water partition coefficient (Wildman–Crippen LogP) is 0.247. The Hall–Kier alpha value is 0.617. The normalized spacial score (nSPS) is 4.00. The molecule has 26 valence electrons. The molecule has 0 saturated carbocycles. The molecule has 0 unspecified atom stereocenters. The zero-order valence-corrected chi connectivity index (χ0v) is 4.63. The monoisotopic (exact) mass is 85.0 g/mol. The van der Waals surface area contributed by atoms with Gasteiger partial charge in [-0.1, -0.05) is 0 Å². The van der Waals surface area contributed by atoms with Gasteiger partial charge in [0.15, 0.2) is 0 Å². The summed E-state index contributed by atoms with van der Waals surface area (Å²) in [5.74, 6) is 0. The van der Waals surface area contributed by atoms with Gasteiger partial charge in [-0.05, 0) is 0 Å². The Morgan fingerprint density at radius 1 is 1.60 bits per heavy atom. The summed E-state index contributed by atoms with van der Waals surface area (Å²) in [4.78, 5) is 0. The van der Waals surface area contributed by atoms with Gasteiger partial charge in [0, 0.05) is 4.21 Å². The van der Waals surface area contributed by atoms with Crippen molar-refractivity contribution in [2.75, 3.05) is 6.26 Å². The van der Waals surface area contributed by atoms with Crippen molar-refractivity contribution in [3.05, 3.63) is 0 Å². The summed E-state index contributed by atoms with van der Waals surface area (Å²) in [6, 6.07) is 0. The van der Waals surface area contributed by atoms with Gasteiger partial charge in [0.1, 0.15) is 0 Å². The maximum atomic E-state index is 8.85. The molecule has 0 atom stereocenters. The second-order valence-corrected chi connectivity index (χ2v) is 0.500. The summed E-state index contributed by atoms with van der Waals surface area (Å²) < 4.78 is 8.85. The van der Waals surface area contributed by atoms with E-state index < -0.39 is 0 Å². The van der Waals surface area contributed by atoms with Crippen LogP contribution in [0, 0.1) is 0 Å². The van der Waals surface area contributed by atoms with E-state index in [1.165, 1.54) is 6.26 Å². The second kappa shape index (κ2) is 23.1. The van der Waals surface area contributed by atoms with E-state index in [-0.39, 0.29) is 0 Å². The molecule has 0 aromatic heterocycles. The minimum atomic E-state index is 0.500. The number of hydrogen-bond donors (Lipinski definition) is 0. The first-order valence-electron chi connectivity index (χ1n) is 1.57. The SMILES string of the molecule is C[S+]=O.[Li][CH3]. The van der Waals surface area contributed by atoms with Crippen molar-refractivity contribution < 1.29 is 4.21 Å². The molecule has 0 radical (unpaired) electrons. The van der Waals surface area contributed by atoms with Gasteiger partial charge in [-0.3, -0.25) is 0 Å². The summed E-state index contributed by atoms with van der Waals surface area (Å²) in [6.07, 6.45) is 1.49. The van der Waals surface area contributed by atoms with Crippen LogP contribution in [0.25, 0.3) is 0 Å². The molecule has 0 rings (SSSR count). The van der Waals surface area contributed by atoms with Crippen molar-refractivity contribution in [1.82, 2.24) is 0 Å². The summed E-state index contributed by atoms with van der Waals surface area (Å²) >= 11 is 2.50. The molecule has 0 aliphatic heterocycles. The fourth-order valence-electron chi connectivity index (χ4n) is 0. The van der Waals surface area contributed by atoms with Crippen LogP contribution in [0.4, 0.5) is 0 Å². The Morgan fingerprint density at radius 2 is 1.60 bits per heavy atom. The Morgan fingerprint density at radius 3 is 1.60 bits per heavy atom. The van der Waals surface area contributed by atoms with Gasteiger partial charge < -0.3 is 0 Å². The van der Waals surface area contributed by atoms with Crippen LogP contribution in [0.2, 0.25) is 5.60 Å². The van der Waals surface area contributed by atoms with E-state index in [0.717, 1.165) is 0 Å². The zero-order valence-electron chi connectivity index (χ0n) is 3.82. The Labute approximate surface area is 45.8 Å². The Bertz CT molecular complexity index is 17.1. The molecule has 0 fully saturated rings. The van der Waals surface area contributed by atoms with Gasteiger partial charge in [0.05, 0.1) is 0 Å². The molecule has 0 bridgehead atoms. The van der Waals surface area contributed by atoms with Gasteiger partial charge in [-0.25, -0.2) is 0 Å². The molecule has 0 saturated heterocycles. The molecule has 0 aromatic carbocycles. The molecule has 5 heavy (non-hydrogen) atoms. The molecule has 0 aromatic rings. The Kier molecular flexibility index (Phi) is 42.3. The summed E-state index contributed by atoms with van der Waals surface area (Å²) in [7, 11) is 0. The third-order valence-electron chi connectivity index (χ3n) is 0. The van der Waals surface area contributed by atoms with Crippen molar-refractivity contribution in [1.29, 1.82) is 0 Å². The van der Waals surface area contributed by atoms with Gasteiger partial charge in [-0.15, -0.1) is 0 Å². The quantitative estimate of drug-likeness (QED) is 0.304. The first kappa shape index (κ1) is 9.15. The number of hydrogen-bond acceptors (Lipinski definition) is 1. The predicted molar refractivity (Wildman–Crippen MR) is 25.6 cm³/mol. The fourth-order valence-corrected chi connectivity index (χ4v) is 0. The van der Waals surface area contributed by atoms with Crippen LogP contribution < -0.4 is 0 Å². The van der Waals surface area contributed by atoms with Crippen molar-refractivity contribution in [3.63, 3.8) is 0 Å². The number of rotatable bonds is 0. The van der Waals surface area contributed by atoms with Crippen molar-refractivity contribution in [2.24, 2.45) is 0 Å². The molecular formula is C2H6LiOS+. The molecule has 0 amide bonds. The van der Waals surface area contributed by atoms with Crippen LogP contribution in [-0.2, 0) is 15.9 Å². The summed E-state index contributed by atoms with van der Waals surface area (Å²) in [6.45, 7) is 0. The third-order valence-corrected chi connectivity index (χ3v) is 0. The van der Waals surface area contributed by atoms with Crippen LogP contribution in [0.5, 0.6) is 0 Å². The van der Waals surface area contributed by atoms with E-state index >= 15 is 0 Å². The van der Waals surface area contributed by atoms with E-state index in [9.17, 15) is 0 Å². The molecule has 0 spiro atoms. The van der Waals surface area contributed by atoms with Crippen LogP contribution >= 0.6 is 0 Å². The van der Waals surface area contributed by atoms with Crippen LogP contribution in [-0.4, -0.2) is 24.0 Å². The van der Waals surface area contributed by atoms with E-state index in [4.69, 9.17) is 4.21 Å². The first-order chi connectivity index (χ1) is 2.41. The third kappa shape index (κ3) is 83.0. The zero-order chi connectivity index (χ0) is 4.71.